The lowest BCUT2D eigenvalue weighted by Gasteiger charge is -2.12. The topological polar surface area (TPSA) is 69.9 Å². The number of nitrogens with zero attached hydrogens (tertiary/aromatic N) is 4. The number of alkyl halides is 4. The van der Waals surface area contributed by atoms with Crippen LogP contribution in [-0.4, -0.2) is 25.8 Å². The highest BCUT2D eigenvalue weighted by atomic mass is 35.5. The molecule has 0 amide bonds. The van der Waals surface area contributed by atoms with E-state index in [1.165, 1.54) is 25.3 Å². The summed E-state index contributed by atoms with van der Waals surface area (Å²) < 4.78 is 68.6. The van der Waals surface area contributed by atoms with Gasteiger partial charge in [0.2, 0.25) is 0 Å². The number of oxazole rings is 1. The second-order valence-corrected chi connectivity index (χ2v) is 7.71. The highest BCUT2D eigenvalue weighted by Gasteiger charge is 2.41. The summed E-state index contributed by atoms with van der Waals surface area (Å²) in [4.78, 5) is 3.85. The van der Waals surface area contributed by atoms with Crippen LogP contribution in [-0.2, 0) is 6.18 Å². The molecule has 0 spiro atoms. The molecule has 3 heterocycles. The Balaban J connectivity index is 0.00000191. The lowest BCUT2D eigenvalue weighted by Crippen LogP contribution is -2.14. The van der Waals surface area contributed by atoms with Crippen molar-refractivity contribution >= 4 is 22.9 Å². The van der Waals surface area contributed by atoms with Crippen LogP contribution in [0.25, 0.3) is 33.9 Å². The van der Waals surface area contributed by atoms with Gasteiger partial charge in [0.1, 0.15) is 5.69 Å². The molecule has 0 saturated heterocycles. The lowest BCUT2D eigenvalue weighted by molar-refractivity contribution is -0.142. The molecule has 0 N–H and O–H groups in total. The van der Waals surface area contributed by atoms with Crippen molar-refractivity contribution in [2.24, 2.45) is 0 Å². The predicted molar refractivity (Wildman–Crippen MR) is 153 cm³/mol. The van der Waals surface area contributed by atoms with Crippen LogP contribution < -0.4 is 0 Å². The first-order valence-electron chi connectivity index (χ1n) is 12.8. The van der Waals surface area contributed by atoms with Gasteiger partial charge in [-0.3, -0.25) is 0 Å². The van der Waals surface area contributed by atoms with Crippen LogP contribution in [0.5, 0.6) is 0 Å². The van der Waals surface area contributed by atoms with Gasteiger partial charge in [0.15, 0.2) is 23.6 Å². The molecule has 3 aromatic rings. The van der Waals surface area contributed by atoms with E-state index in [-0.39, 0.29) is 39.9 Å². The smallest absolute Gasteiger partial charge is 0.434 e. The summed E-state index contributed by atoms with van der Waals surface area (Å²) in [7, 11) is 0. The van der Waals surface area contributed by atoms with Gasteiger partial charge >= 0.3 is 6.18 Å². The first-order chi connectivity index (χ1) is 19.3. The Morgan fingerprint density at radius 1 is 1.10 bits per heavy atom. The Kier molecular flexibility index (Phi) is 14.7. The van der Waals surface area contributed by atoms with E-state index < -0.39 is 17.4 Å². The van der Waals surface area contributed by atoms with Gasteiger partial charge in [-0.1, -0.05) is 70.2 Å². The third kappa shape index (κ3) is 8.17. The summed E-state index contributed by atoms with van der Waals surface area (Å²) in [6.45, 7) is 13.1. The molecule has 0 bridgehead atoms. The van der Waals surface area contributed by atoms with Crippen LogP contribution in [0.15, 0.2) is 76.1 Å². The molecule has 6 nitrogen and oxygen atoms in total. The summed E-state index contributed by atoms with van der Waals surface area (Å²) >= 11 is 5.60. The van der Waals surface area contributed by atoms with Gasteiger partial charge in [0, 0.05) is 17.2 Å². The fraction of sp³-hybridized carbons (Fsp3) is 0.345. The van der Waals surface area contributed by atoms with E-state index in [9.17, 15) is 17.6 Å². The van der Waals surface area contributed by atoms with Crippen molar-refractivity contribution in [2.75, 3.05) is 5.88 Å². The van der Waals surface area contributed by atoms with E-state index in [1.807, 2.05) is 34.6 Å². The fourth-order valence-corrected chi connectivity index (χ4v) is 3.60. The molecular formula is C29H35ClF4N4O2. The number of hydrogen-bond donors (Lipinski definition) is 0. The van der Waals surface area contributed by atoms with Crippen LogP contribution in [0.1, 0.15) is 66.3 Å². The first kappa shape index (κ1) is 34.4. The molecule has 40 heavy (non-hydrogen) atoms. The molecule has 0 atom stereocenters. The SMILES string of the molecule is CC.CC.C\C=C/C=C(CC)\C(=C\F)c1noc(-c2cnn(/C(C)=C/C=C\CCl)c2C(F)(F)F)c1-c1cnco1. The molecule has 0 fully saturated rings. The van der Waals surface area contributed by atoms with Gasteiger partial charge in [0.05, 0.1) is 29.9 Å². The van der Waals surface area contributed by atoms with Crippen LogP contribution >= 0.6 is 11.6 Å². The zero-order valence-corrected chi connectivity index (χ0v) is 24.4. The zero-order chi connectivity index (χ0) is 30.3. The van der Waals surface area contributed by atoms with Crippen LogP contribution in [0.2, 0.25) is 0 Å². The van der Waals surface area contributed by atoms with E-state index in [1.54, 1.807) is 31.2 Å². The van der Waals surface area contributed by atoms with Crippen molar-refractivity contribution in [2.45, 2.75) is 61.1 Å². The van der Waals surface area contributed by atoms with Crippen LogP contribution in [0, 0.1) is 0 Å². The summed E-state index contributed by atoms with van der Waals surface area (Å²) in [5, 5.41) is 7.90. The summed E-state index contributed by atoms with van der Waals surface area (Å²) in [6, 6.07) is 0. The predicted octanol–water partition coefficient (Wildman–Crippen LogP) is 10.1. The molecule has 0 aliphatic rings. The van der Waals surface area contributed by atoms with E-state index in [2.05, 4.69) is 15.2 Å². The largest absolute Gasteiger partial charge is 0.443 e. The second kappa shape index (κ2) is 17.1. The fourth-order valence-electron chi connectivity index (χ4n) is 3.49. The molecule has 0 radical (unpaired) electrons. The minimum Gasteiger partial charge on any atom is -0.443 e. The second-order valence-electron chi connectivity index (χ2n) is 7.40. The molecule has 3 rings (SSSR count). The number of aromatic nitrogens is 4. The molecule has 11 heteroatoms. The van der Waals surface area contributed by atoms with Gasteiger partial charge < -0.3 is 8.94 Å². The quantitative estimate of drug-likeness (QED) is 0.143. The van der Waals surface area contributed by atoms with Crippen LogP contribution in [0.3, 0.4) is 0 Å². The Morgan fingerprint density at radius 3 is 2.33 bits per heavy atom. The van der Waals surface area contributed by atoms with Gasteiger partial charge in [-0.25, -0.2) is 14.1 Å². The summed E-state index contributed by atoms with van der Waals surface area (Å²) in [6.07, 6.45) is 9.07. The monoisotopic (exact) mass is 582 g/mol. The van der Waals surface area contributed by atoms with Crippen LogP contribution in [0.4, 0.5) is 17.6 Å². The first-order valence-corrected chi connectivity index (χ1v) is 13.4. The summed E-state index contributed by atoms with van der Waals surface area (Å²) in [5.74, 6) is -0.0283. The van der Waals surface area contributed by atoms with Crippen molar-refractivity contribution in [3.8, 4) is 22.6 Å². The van der Waals surface area contributed by atoms with Crippen molar-refractivity contribution in [1.82, 2.24) is 19.9 Å². The average molecular weight is 583 g/mol. The van der Waals surface area contributed by atoms with Gasteiger partial charge in [-0.2, -0.15) is 18.3 Å². The Hall–Kier alpha value is -3.66. The summed E-state index contributed by atoms with van der Waals surface area (Å²) in [5.41, 5.74) is -0.721. The molecule has 0 aromatic carbocycles. The van der Waals surface area contributed by atoms with Gasteiger partial charge in [-0.15, -0.1) is 11.6 Å². The number of allylic oxidation sites excluding steroid dienone is 9. The van der Waals surface area contributed by atoms with Gasteiger partial charge in [-0.05, 0) is 31.9 Å². The highest BCUT2D eigenvalue weighted by Crippen LogP contribution is 2.45. The number of rotatable bonds is 9. The maximum atomic E-state index is 14.3. The Labute approximate surface area is 237 Å². The van der Waals surface area contributed by atoms with Gasteiger partial charge in [0.25, 0.3) is 0 Å². The highest BCUT2D eigenvalue weighted by molar-refractivity contribution is 6.18. The van der Waals surface area contributed by atoms with Crippen molar-refractivity contribution < 1.29 is 26.5 Å². The molecule has 0 saturated carbocycles. The van der Waals surface area contributed by atoms with E-state index in [0.29, 0.717) is 18.3 Å². The van der Waals surface area contributed by atoms with E-state index in [0.717, 1.165) is 17.3 Å². The van der Waals surface area contributed by atoms with E-state index in [4.69, 9.17) is 20.5 Å². The van der Waals surface area contributed by atoms with E-state index >= 15 is 0 Å². The third-order valence-electron chi connectivity index (χ3n) is 5.13. The Bertz CT molecular complexity index is 1330. The van der Waals surface area contributed by atoms with Crippen molar-refractivity contribution in [1.29, 1.82) is 0 Å². The van der Waals surface area contributed by atoms with Crippen molar-refractivity contribution in [3.63, 3.8) is 0 Å². The maximum absolute atomic E-state index is 14.3. The molecule has 0 aliphatic carbocycles. The standard InChI is InChI=1S/C25H23ClF4N4O2.2C2H6/c1-4-6-10-17(5-2)18(12-27)22-21(20-14-31-15-35-20)23(36-33-22)19-13-32-34(24(19)25(28,29)30)16(3)9-7-8-11-26;2*1-2/h4,6-10,12-15H,5,11H2,1-3H3;2*1-2H3/b6-4-,8-7-,16-9+,17-10-,18-12-;;. The van der Waals surface area contributed by atoms with Crippen molar-refractivity contribution in [3.05, 3.63) is 78.5 Å². The molecule has 0 unspecified atom stereocenters. The minimum atomic E-state index is -4.82. The minimum absolute atomic E-state index is 0.0185. The average Bonchev–Trinajstić information content (AvgIpc) is 3.72. The lowest BCUT2D eigenvalue weighted by atomic mass is 9.95. The molecule has 218 valence electrons. The zero-order valence-electron chi connectivity index (χ0n) is 23.7. The maximum Gasteiger partial charge on any atom is 0.434 e. The Morgan fingerprint density at radius 2 is 1.80 bits per heavy atom. The number of hydrogen-bond acceptors (Lipinski definition) is 5. The third-order valence-corrected chi connectivity index (χ3v) is 5.31. The molecule has 0 aliphatic heterocycles. The normalized spacial score (nSPS) is 12.9. The molecule has 3 aromatic heterocycles. The number of halogens is 5. The molecular weight excluding hydrogens is 548 g/mol.